The number of anilines is 1. The van der Waals surface area contributed by atoms with E-state index in [1.807, 2.05) is 18.2 Å². The molecule has 0 atom stereocenters. The fourth-order valence-corrected chi connectivity index (χ4v) is 4.13. The van der Waals surface area contributed by atoms with Gasteiger partial charge in [0.15, 0.2) is 0 Å². The SMILES string of the molecule is FC(F)(F)Oc1ccc(-n2nc(-c3cccc4ccccc34)c3c2NCCCC3)cc1. The number of ether oxygens (including phenoxy) is 1. The van der Waals surface area contributed by atoms with Gasteiger partial charge < -0.3 is 10.1 Å². The van der Waals surface area contributed by atoms with Gasteiger partial charge in [-0.15, -0.1) is 13.2 Å². The largest absolute Gasteiger partial charge is 0.573 e. The highest BCUT2D eigenvalue weighted by Crippen LogP contribution is 2.37. The zero-order chi connectivity index (χ0) is 21.4. The molecule has 0 bridgehead atoms. The van der Waals surface area contributed by atoms with Crippen LogP contribution in [0.1, 0.15) is 18.4 Å². The summed E-state index contributed by atoms with van der Waals surface area (Å²) in [7, 11) is 0. The lowest BCUT2D eigenvalue weighted by Crippen LogP contribution is -2.17. The fraction of sp³-hybridized carbons (Fsp3) is 0.208. The normalized spacial score (nSPS) is 14.0. The Bertz CT molecular complexity index is 1220. The Labute approximate surface area is 177 Å². The predicted octanol–water partition coefficient (Wildman–Crippen LogP) is 6.34. The Hall–Kier alpha value is -3.48. The van der Waals surface area contributed by atoms with E-state index in [0.717, 1.165) is 59.2 Å². The molecule has 0 saturated carbocycles. The lowest BCUT2D eigenvalue weighted by atomic mass is 9.98. The molecule has 0 aliphatic carbocycles. The lowest BCUT2D eigenvalue weighted by molar-refractivity contribution is -0.274. The van der Waals surface area contributed by atoms with Crippen LogP contribution in [0.2, 0.25) is 0 Å². The van der Waals surface area contributed by atoms with Gasteiger partial charge in [-0.2, -0.15) is 5.10 Å². The maximum absolute atomic E-state index is 12.5. The molecule has 1 aromatic heterocycles. The number of hydrogen-bond acceptors (Lipinski definition) is 3. The topological polar surface area (TPSA) is 39.1 Å². The van der Waals surface area contributed by atoms with Gasteiger partial charge in [-0.1, -0.05) is 42.5 Å². The molecule has 0 unspecified atom stereocenters. The van der Waals surface area contributed by atoms with Crippen molar-refractivity contribution >= 4 is 16.6 Å². The summed E-state index contributed by atoms with van der Waals surface area (Å²) in [6.07, 6.45) is -1.74. The minimum absolute atomic E-state index is 0.253. The maximum atomic E-state index is 12.5. The average Bonchev–Trinajstić information content (AvgIpc) is 2.93. The molecule has 5 rings (SSSR count). The first kappa shape index (κ1) is 19.5. The second kappa shape index (κ2) is 7.65. The molecule has 0 amide bonds. The molecule has 4 nitrogen and oxygen atoms in total. The standard InChI is InChI=1S/C24H20F3N3O/c25-24(26,27)31-18-13-11-17(12-14-18)30-23-21(9-3-4-15-28-23)22(29-30)20-10-5-7-16-6-1-2-8-19(16)20/h1-2,5-8,10-14,28H,3-4,9,15H2. The van der Waals surface area contributed by atoms with Crippen molar-refractivity contribution in [3.8, 4) is 22.7 Å². The third-order valence-corrected chi connectivity index (χ3v) is 5.49. The summed E-state index contributed by atoms with van der Waals surface area (Å²) in [6, 6.07) is 20.2. The smallest absolute Gasteiger partial charge is 0.406 e. The number of benzene rings is 3. The van der Waals surface area contributed by atoms with E-state index in [0.29, 0.717) is 5.69 Å². The van der Waals surface area contributed by atoms with Gasteiger partial charge >= 0.3 is 6.36 Å². The van der Waals surface area contributed by atoms with Gasteiger partial charge in [-0.3, -0.25) is 0 Å². The number of fused-ring (bicyclic) bond motifs is 2. The minimum atomic E-state index is -4.71. The molecular formula is C24H20F3N3O. The Morgan fingerprint density at radius 2 is 1.68 bits per heavy atom. The molecule has 158 valence electrons. The number of aromatic nitrogens is 2. The highest BCUT2D eigenvalue weighted by molar-refractivity contribution is 5.97. The highest BCUT2D eigenvalue weighted by atomic mass is 19.4. The quantitative estimate of drug-likeness (QED) is 0.418. The first-order chi connectivity index (χ1) is 15.0. The number of rotatable bonds is 3. The molecule has 4 aromatic rings. The zero-order valence-electron chi connectivity index (χ0n) is 16.6. The summed E-state index contributed by atoms with van der Waals surface area (Å²) in [4.78, 5) is 0. The van der Waals surface area contributed by atoms with Crippen LogP contribution in [0, 0.1) is 0 Å². The van der Waals surface area contributed by atoms with Gasteiger partial charge in [0.25, 0.3) is 0 Å². The molecule has 31 heavy (non-hydrogen) atoms. The van der Waals surface area contributed by atoms with Crippen LogP contribution in [0.3, 0.4) is 0 Å². The van der Waals surface area contributed by atoms with Crippen LogP contribution in [0.4, 0.5) is 19.0 Å². The van der Waals surface area contributed by atoms with Gasteiger partial charge in [-0.25, -0.2) is 4.68 Å². The molecule has 1 aliphatic heterocycles. The van der Waals surface area contributed by atoms with Crippen LogP contribution >= 0.6 is 0 Å². The van der Waals surface area contributed by atoms with Crippen molar-refractivity contribution in [1.29, 1.82) is 0 Å². The van der Waals surface area contributed by atoms with Crippen molar-refractivity contribution in [3.63, 3.8) is 0 Å². The molecule has 3 aromatic carbocycles. The van der Waals surface area contributed by atoms with Gasteiger partial charge in [0, 0.05) is 17.7 Å². The van der Waals surface area contributed by atoms with E-state index in [1.165, 1.54) is 12.1 Å². The van der Waals surface area contributed by atoms with Crippen molar-refractivity contribution in [1.82, 2.24) is 9.78 Å². The Morgan fingerprint density at radius 3 is 2.48 bits per heavy atom. The Morgan fingerprint density at radius 1 is 0.903 bits per heavy atom. The summed E-state index contributed by atoms with van der Waals surface area (Å²) in [6.45, 7) is 0.822. The van der Waals surface area contributed by atoms with Gasteiger partial charge in [0.1, 0.15) is 11.6 Å². The van der Waals surface area contributed by atoms with E-state index in [2.05, 4.69) is 34.3 Å². The monoisotopic (exact) mass is 423 g/mol. The number of nitrogens with zero attached hydrogens (tertiary/aromatic N) is 2. The molecule has 0 radical (unpaired) electrons. The van der Waals surface area contributed by atoms with E-state index < -0.39 is 6.36 Å². The highest BCUT2D eigenvalue weighted by Gasteiger charge is 2.31. The first-order valence-electron chi connectivity index (χ1n) is 10.2. The Balaban J connectivity index is 1.63. The molecular weight excluding hydrogens is 403 g/mol. The molecule has 0 fully saturated rings. The second-order valence-corrected chi connectivity index (χ2v) is 7.54. The van der Waals surface area contributed by atoms with Crippen molar-refractivity contribution in [2.45, 2.75) is 25.6 Å². The predicted molar refractivity (Wildman–Crippen MR) is 115 cm³/mol. The summed E-state index contributed by atoms with van der Waals surface area (Å²) < 4.78 is 43.3. The fourth-order valence-electron chi connectivity index (χ4n) is 4.13. The zero-order valence-corrected chi connectivity index (χ0v) is 16.6. The van der Waals surface area contributed by atoms with Crippen LogP contribution in [0.25, 0.3) is 27.7 Å². The van der Waals surface area contributed by atoms with E-state index >= 15 is 0 Å². The van der Waals surface area contributed by atoms with Gasteiger partial charge in [0.2, 0.25) is 0 Å². The molecule has 7 heteroatoms. The maximum Gasteiger partial charge on any atom is 0.573 e. The molecule has 0 saturated heterocycles. The summed E-state index contributed by atoms with van der Waals surface area (Å²) in [5.41, 5.74) is 3.75. The van der Waals surface area contributed by atoms with E-state index in [4.69, 9.17) is 5.10 Å². The molecule has 1 aliphatic rings. The van der Waals surface area contributed by atoms with Crippen LogP contribution in [0.5, 0.6) is 5.75 Å². The van der Waals surface area contributed by atoms with Crippen molar-refractivity contribution in [2.24, 2.45) is 0 Å². The van der Waals surface area contributed by atoms with Crippen molar-refractivity contribution < 1.29 is 17.9 Å². The van der Waals surface area contributed by atoms with Gasteiger partial charge in [0.05, 0.1) is 11.4 Å². The molecule has 2 heterocycles. The first-order valence-corrected chi connectivity index (χ1v) is 10.2. The number of alkyl halides is 3. The summed E-state index contributed by atoms with van der Waals surface area (Å²) >= 11 is 0. The van der Waals surface area contributed by atoms with E-state index in [1.54, 1.807) is 16.8 Å². The minimum Gasteiger partial charge on any atom is -0.406 e. The van der Waals surface area contributed by atoms with Gasteiger partial charge in [-0.05, 0) is 54.3 Å². The van der Waals surface area contributed by atoms with E-state index in [-0.39, 0.29) is 5.75 Å². The van der Waals surface area contributed by atoms with Crippen LogP contribution < -0.4 is 10.1 Å². The number of hydrogen-bond donors (Lipinski definition) is 1. The van der Waals surface area contributed by atoms with Crippen LogP contribution in [-0.4, -0.2) is 22.7 Å². The number of nitrogens with one attached hydrogen (secondary N) is 1. The van der Waals surface area contributed by atoms with Crippen molar-refractivity contribution in [2.75, 3.05) is 11.9 Å². The summed E-state index contributed by atoms with van der Waals surface area (Å²) in [5, 5.41) is 10.7. The lowest BCUT2D eigenvalue weighted by Gasteiger charge is -2.11. The molecule has 0 spiro atoms. The third kappa shape index (κ3) is 3.83. The van der Waals surface area contributed by atoms with E-state index in [9.17, 15) is 13.2 Å². The van der Waals surface area contributed by atoms with Crippen LogP contribution in [0.15, 0.2) is 66.7 Å². The third-order valence-electron chi connectivity index (χ3n) is 5.49. The number of halogens is 3. The van der Waals surface area contributed by atoms with Crippen LogP contribution in [-0.2, 0) is 6.42 Å². The van der Waals surface area contributed by atoms with Crippen molar-refractivity contribution in [3.05, 3.63) is 72.3 Å². The average molecular weight is 423 g/mol. The summed E-state index contributed by atoms with van der Waals surface area (Å²) in [5.74, 6) is 0.640. The molecule has 1 N–H and O–H groups in total. The second-order valence-electron chi connectivity index (χ2n) is 7.54. The Kier molecular flexibility index (Phi) is 4.81.